The summed E-state index contributed by atoms with van der Waals surface area (Å²) in [5.74, 6) is 0. The van der Waals surface area contributed by atoms with E-state index >= 15 is 0 Å². The Morgan fingerprint density at radius 2 is 1.80 bits per heavy atom. The molecule has 1 N–H and O–H groups in total. The molecule has 0 aromatic carbocycles. The van der Waals surface area contributed by atoms with Gasteiger partial charge >= 0.3 is 0 Å². The standard InChI is InChI=1S/C12H21N3/c1-8-7-10(9(2)15-14-8)11(13-6)12(3,4)5/h7,11,13H,1-6H3. The smallest absolute Gasteiger partial charge is 0.0648 e. The highest BCUT2D eigenvalue weighted by Gasteiger charge is 2.26. The van der Waals surface area contributed by atoms with Gasteiger partial charge in [-0.25, -0.2) is 0 Å². The van der Waals surface area contributed by atoms with Crippen molar-refractivity contribution in [3.05, 3.63) is 23.0 Å². The van der Waals surface area contributed by atoms with E-state index < -0.39 is 0 Å². The number of aromatic nitrogens is 2. The number of nitrogens with zero attached hydrogens (tertiary/aromatic N) is 2. The van der Waals surface area contributed by atoms with Gasteiger partial charge in [0.15, 0.2) is 0 Å². The number of aryl methyl sites for hydroxylation is 2. The lowest BCUT2D eigenvalue weighted by molar-refractivity contribution is 0.285. The summed E-state index contributed by atoms with van der Waals surface area (Å²) in [6.45, 7) is 10.7. The van der Waals surface area contributed by atoms with Gasteiger partial charge in [-0.2, -0.15) is 10.2 Å². The first-order valence-corrected chi connectivity index (χ1v) is 5.34. The lowest BCUT2D eigenvalue weighted by atomic mass is 9.82. The van der Waals surface area contributed by atoms with Gasteiger partial charge in [0.2, 0.25) is 0 Å². The van der Waals surface area contributed by atoms with E-state index in [9.17, 15) is 0 Å². The van der Waals surface area contributed by atoms with Crippen LogP contribution in [0.2, 0.25) is 0 Å². The number of hydrogen-bond acceptors (Lipinski definition) is 3. The summed E-state index contributed by atoms with van der Waals surface area (Å²) in [6.07, 6.45) is 0. The van der Waals surface area contributed by atoms with Crippen LogP contribution in [-0.2, 0) is 0 Å². The van der Waals surface area contributed by atoms with Gasteiger partial charge in [-0.05, 0) is 37.9 Å². The van der Waals surface area contributed by atoms with E-state index in [1.807, 2.05) is 20.9 Å². The van der Waals surface area contributed by atoms with E-state index in [-0.39, 0.29) is 5.41 Å². The van der Waals surface area contributed by atoms with Crippen LogP contribution in [0.25, 0.3) is 0 Å². The molecule has 1 aromatic rings. The molecule has 3 nitrogen and oxygen atoms in total. The molecule has 1 rings (SSSR count). The predicted molar refractivity (Wildman–Crippen MR) is 62.8 cm³/mol. The quantitative estimate of drug-likeness (QED) is 0.809. The van der Waals surface area contributed by atoms with Crippen molar-refractivity contribution in [3.63, 3.8) is 0 Å². The third-order valence-electron chi connectivity index (χ3n) is 2.61. The second kappa shape index (κ2) is 4.27. The van der Waals surface area contributed by atoms with E-state index in [1.165, 1.54) is 5.56 Å². The minimum absolute atomic E-state index is 0.176. The minimum atomic E-state index is 0.176. The molecule has 0 spiro atoms. The van der Waals surface area contributed by atoms with Gasteiger partial charge in [-0.15, -0.1) is 0 Å². The zero-order chi connectivity index (χ0) is 11.6. The van der Waals surface area contributed by atoms with Crippen LogP contribution < -0.4 is 5.32 Å². The van der Waals surface area contributed by atoms with E-state index in [4.69, 9.17) is 0 Å². The van der Waals surface area contributed by atoms with Crippen LogP contribution in [0.1, 0.15) is 43.8 Å². The predicted octanol–water partition coefficient (Wildman–Crippen LogP) is 2.40. The van der Waals surface area contributed by atoms with Crippen LogP contribution in [0.15, 0.2) is 6.07 Å². The lowest BCUT2D eigenvalue weighted by Gasteiger charge is -2.31. The molecular weight excluding hydrogens is 186 g/mol. The van der Waals surface area contributed by atoms with Crippen molar-refractivity contribution in [2.24, 2.45) is 5.41 Å². The third-order valence-corrected chi connectivity index (χ3v) is 2.61. The first kappa shape index (κ1) is 12.1. The van der Waals surface area contributed by atoms with E-state index in [0.29, 0.717) is 6.04 Å². The van der Waals surface area contributed by atoms with Gasteiger partial charge in [-0.3, -0.25) is 0 Å². The van der Waals surface area contributed by atoms with Crippen LogP contribution >= 0.6 is 0 Å². The molecule has 0 aliphatic heterocycles. The normalized spacial score (nSPS) is 14.0. The molecule has 1 aromatic heterocycles. The van der Waals surface area contributed by atoms with Crippen molar-refractivity contribution in [1.29, 1.82) is 0 Å². The van der Waals surface area contributed by atoms with Crippen LogP contribution in [0.5, 0.6) is 0 Å². The maximum Gasteiger partial charge on any atom is 0.0648 e. The van der Waals surface area contributed by atoms with Gasteiger partial charge in [0.05, 0.1) is 11.4 Å². The Hall–Kier alpha value is -0.960. The zero-order valence-corrected chi connectivity index (χ0v) is 10.5. The fourth-order valence-corrected chi connectivity index (χ4v) is 1.92. The summed E-state index contributed by atoms with van der Waals surface area (Å²) >= 11 is 0. The van der Waals surface area contributed by atoms with Crippen LogP contribution in [0, 0.1) is 19.3 Å². The zero-order valence-electron chi connectivity index (χ0n) is 10.5. The SMILES string of the molecule is CNC(c1cc(C)nnc1C)C(C)(C)C. The maximum atomic E-state index is 4.17. The Balaban J connectivity index is 3.18. The van der Waals surface area contributed by atoms with Crippen molar-refractivity contribution in [2.45, 2.75) is 40.7 Å². The van der Waals surface area contributed by atoms with E-state index in [0.717, 1.165) is 11.4 Å². The van der Waals surface area contributed by atoms with E-state index in [2.05, 4.69) is 42.4 Å². The largest absolute Gasteiger partial charge is 0.312 e. The molecule has 0 aliphatic carbocycles. The Morgan fingerprint density at radius 3 is 2.27 bits per heavy atom. The van der Waals surface area contributed by atoms with Crippen LogP contribution in [-0.4, -0.2) is 17.2 Å². The summed E-state index contributed by atoms with van der Waals surface area (Å²) in [7, 11) is 1.99. The average Bonchev–Trinajstić information content (AvgIpc) is 2.10. The topological polar surface area (TPSA) is 37.8 Å². The summed E-state index contributed by atoms with van der Waals surface area (Å²) in [4.78, 5) is 0. The molecule has 0 saturated heterocycles. The summed E-state index contributed by atoms with van der Waals surface area (Å²) in [6, 6.07) is 2.43. The lowest BCUT2D eigenvalue weighted by Crippen LogP contribution is -2.30. The molecule has 0 amide bonds. The molecule has 1 heterocycles. The molecule has 1 atom stereocenters. The van der Waals surface area contributed by atoms with Gasteiger partial charge in [0.1, 0.15) is 0 Å². The van der Waals surface area contributed by atoms with Crippen molar-refractivity contribution < 1.29 is 0 Å². The number of rotatable bonds is 2. The van der Waals surface area contributed by atoms with Crippen molar-refractivity contribution in [3.8, 4) is 0 Å². The molecule has 0 aliphatic rings. The fourth-order valence-electron chi connectivity index (χ4n) is 1.92. The van der Waals surface area contributed by atoms with E-state index in [1.54, 1.807) is 0 Å². The molecular formula is C12H21N3. The second-order valence-corrected chi connectivity index (χ2v) is 5.11. The van der Waals surface area contributed by atoms with Crippen molar-refractivity contribution in [2.75, 3.05) is 7.05 Å². The Kier molecular flexibility index (Phi) is 3.45. The van der Waals surface area contributed by atoms with Crippen LogP contribution in [0.4, 0.5) is 0 Å². The van der Waals surface area contributed by atoms with Crippen molar-refractivity contribution in [1.82, 2.24) is 15.5 Å². The number of hydrogen-bond donors (Lipinski definition) is 1. The van der Waals surface area contributed by atoms with Gasteiger partial charge in [-0.1, -0.05) is 20.8 Å². The highest BCUT2D eigenvalue weighted by molar-refractivity contribution is 5.25. The number of nitrogens with one attached hydrogen (secondary N) is 1. The molecule has 0 radical (unpaired) electrons. The average molecular weight is 207 g/mol. The Bertz CT molecular complexity index is 339. The molecule has 0 fully saturated rings. The highest BCUT2D eigenvalue weighted by atomic mass is 15.1. The van der Waals surface area contributed by atoms with Gasteiger partial charge < -0.3 is 5.32 Å². The fraction of sp³-hybridized carbons (Fsp3) is 0.667. The minimum Gasteiger partial charge on any atom is -0.312 e. The highest BCUT2D eigenvalue weighted by Crippen LogP contribution is 2.33. The van der Waals surface area contributed by atoms with Crippen LogP contribution in [0.3, 0.4) is 0 Å². The molecule has 0 bridgehead atoms. The molecule has 0 saturated carbocycles. The molecule has 15 heavy (non-hydrogen) atoms. The maximum absolute atomic E-state index is 4.17. The van der Waals surface area contributed by atoms with Gasteiger partial charge in [0, 0.05) is 6.04 Å². The van der Waals surface area contributed by atoms with Gasteiger partial charge in [0.25, 0.3) is 0 Å². The molecule has 84 valence electrons. The summed E-state index contributed by atoms with van der Waals surface area (Å²) in [5, 5.41) is 11.6. The Labute approximate surface area is 92.3 Å². The molecule has 3 heteroatoms. The first-order valence-electron chi connectivity index (χ1n) is 5.34. The Morgan fingerprint density at radius 1 is 1.20 bits per heavy atom. The first-order chi connectivity index (χ1) is 6.86. The second-order valence-electron chi connectivity index (χ2n) is 5.11. The molecule has 1 unspecified atom stereocenters. The monoisotopic (exact) mass is 207 g/mol. The van der Waals surface area contributed by atoms with Crippen molar-refractivity contribution >= 4 is 0 Å². The third kappa shape index (κ3) is 2.75. The summed E-state index contributed by atoms with van der Waals surface area (Å²) in [5.41, 5.74) is 3.40. The summed E-state index contributed by atoms with van der Waals surface area (Å²) < 4.78 is 0.